The number of piperidine rings is 1. The Morgan fingerprint density at radius 3 is 2.95 bits per heavy atom. The van der Waals surface area contributed by atoms with E-state index in [9.17, 15) is 4.79 Å². The lowest BCUT2D eigenvalue weighted by Crippen LogP contribution is -2.46. The highest BCUT2D eigenvalue weighted by Gasteiger charge is 2.26. The van der Waals surface area contributed by atoms with Crippen molar-refractivity contribution in [2.45, 2.75) is 18.9 Å². The van der Waals surface area contributed by atoms with E-state index in [1.807, 2.05) is 30.3 Å². The number of nitrogens with zero attached hydrogens (tertiary/aromatic N) is 1. The van der Waals surface area contributed by atoms with Crippen LogP contribution in [0.15, 0.2) is 24.5 Å². The maximum atomic E-state index is 12.8. The lowest BCUT2D eigenvalue weighted by Gasteiger charge is -2.32. The van der Waals surface area contributed by atoms with Gasteiger partial charge in [-0.25, -0.2) is 0 Å². The van der Waals surface area contributed by atoms with Crippen molar-refractivity contribution >= 4 is 41.3 Å². The number of rotatable bonds is 3. The van der Waals surface area contributed by atoms with Crippen LogP contribution in [-0.2, 0) is 0 Å². The highest BCUT2D eigenvalue weighted by molar-refractivity contribution is 7.19. The minimum Gasteiger partial charge on any atom is -0.366 e. The van der Waals surface area contributed by atoms with Crippen molar-refractivity contribution < 1.29 is 4.79 Å². The van der Waals surface area contributed by atoms with E-state index in [4.69, 9.17) is 11.6 Å². The standard InChI is InChI=1S/C15H18ClN3OS.ClH/c1-17-10-3-2-6-19(9-10)15(20)12-8-18-7-11(12)13-4-5-14(16)21-13;/h4-5,7-8,10,17-18H,2-3,6,9H2,1H3;1H. The van der Waals surface area contributed by atoms with Crippen molar-refractivity contribution in [2.24, 2.45) is 0 Å². The Hall–Kier alpha value is -1.01. The molecular formula is C15H19Cl2N3OS. The van der Waals surface area contributed by atoms with E-state index in [1.165, 1.54) is 11.3 Å². The molecule has 2 aromatic rings. The third-order valence-corrected chi connectivity index (χ3v) is 5.20. The molecule has 0 aliphatic carbocycles. The smallest absolute Gasteiger partial charge is 0.256 e. The SMILES string of the molecule is CNC1CCCN(C(=O)c2c[nH]cc2-c2ccc(Cl)s2)C1.Cl. The van der Waals surface area contributed by atoms with E-state index in [2.05, 4.69) is 10.3 Å². The summed E-state index contributed by atoms with van der Waals surface area (Å²) < 4.78 is 0.734. The van der Waals surface area contributed by atoms with Gasteiger partial charge in [0, 0.05) is 42.0 Å². The van der Waals surface area contributed by atoms with Gasteiger partial charge in [0.2, 0.25) is 0 Å². The van der Waals surface area contributed by atoms with Crippen LogP contribution in [0.4, 0.5) is 0 Å². The molecular weight excluding hydrogens is 341 g/mol. The number of carbonyl (C=O) groups excluding carboxylic acids is 1. The fourth-order valence-electron chi connectivity index (χ4n) is 2.77. The van der Waals surface area contributed by atoms with Crippen molar-refractivity contribution in [3.63, 3.8) is 0 Å². The fourth-order valence-corrected chi connectivity index (χ4v) is 3.84. The van der Waals surface area contributed by atoms with Gasteiger partial charge in [-0.1, -0.05) is 11.6 Å². The second-order valence-electron chi connectivity index (χ2n) is 5.27. The monoisotopic (exact) mass is 359 g/mol. The summed E-state index contributed by atoms with van der Waals surface area (Å²) in [5.41, 5.74) is 1.66. The van der Waals surface area contributed by atoms with Gasteiger partial charge in [0.25, 0.3) is 5.91 Å². The first-order valence-electron chi connectivity index (χ1n) is 7.08. The molecule has 1 fully saturated rings. The summed E-state index contributed by atoms with van der Waals surface area (Å²) in [6.07, 6.45) is 5.83. The molecule has 0 radical (unpaired) electrons. The van der Waals surface area contributed by atoms with Crippen molar-refractivity contribution in [3.05, 3.63) is 34.4 Å². The van der Waals surface area contributed by atoms with Crippen molar-refractivity contribution in [2.75, 3.05) is 20.1 Å². The van der Waals surface area contributed by atoms with Gasteiger partial charge in [-0.2, -0.15) is 0 Å². The Labute approximate surface area is 145 Å². The molecule has 120 valence electrons. The molecule has 1 amide bonds. The van der Waals surface area contributed by atoms with E-state index in [0.29, 0.717) is 6.04 Å². The zero-order valence-corrected chi connectivity index (χ0v) is 14.7. The Morgan fingerprint density at radius 2 is 2.27 bits per heavy atom. The summed E-state index contributed by atoms with van der Waals surface area (Å²) in [5.74, 6) is 0.0933. The summed E-state index contributed by atoms with van der Waals surface area (Å²) in [7, 11) is 1.95. The Balaban J connectivity index is 0.00000176. The molecule has 4 nitrogen and oxygen atoms in total. The number of likely N-dealkylation sites (tertiary alicyclic amines) is 1. The van der Waals surface area contributed by atoms with E-state index in [-0.39, 0.29) is 18.3 Å². The highest BCUT2D eigenvalue weighted by Crippen LogP contribution is 2.33. The first-order chi connectivity index (χ1) is 10.2. The van der Waals surface area contributed by atoms with E-state index < -0.39 is 0 Å². The molecule has 22 heavy (non-hydrogen) atoms. The topological polar surface area (TPSA) is 48.1 Å². The number of thiophene rings is 1. The number of amides is 1. The van der Waals surface area contributed by atoms with Gasteiger partial charge in [-0.3, -0.25) is 4.79 Å². The van der Waals surface area contributed by atoms with Gasteiger partial charge in [0.05, 0.1) is 9.90 Å². The van der Waals surface area contributed by atoms with Crippen LogP contribution in [0.1, 0.15) is 23.2 Å². The number of aromatic nitrogens is 1. The van der Waals surface area contributed by atoms with Crippen LogP contribution >= 0.6 is 35.3 Å². The number of hydrogen-bond donors (Lipinski definition) is 2. The molecule has 0 aromatic carbocycles. The van der Waals surface area contributed by atoms with Gasteiger partial charge < -0.3 is 15.2 Å². The van der Waals surface area contributed by atoms with Crippen LogP contribution in [0.5, 0.6) is 0 Å². The normalized spacial score (nSPS) is 18.1. The summed E-state index contributed by atoms with van der Waals surface area (Å²) >= 11 is 7.49. The predicted octanol–water partition coefficient (Wildman–Crippen LogP) is 3.64. The maximum absolute atomic E-state index is 12.8. The first kappa shape index (κ1) is 17.3. The van der Waals surface area contributed by atoms with Crippen LogP contribution in [0, 0.1) is 0 Å². The lowest BCUT2D eigenvalue weighted by atomic mass is 10.0. The molecule has 0 spiro atoms. The minimum absolute atomic E-state index is 0. The molecule has 1 atom stereocenters. The quantitative estimate of drug-likeness (QED) is 0.878. The maximum Gasteiger partial charge on any atom is 0.256 e. The summed E-state index contributed by atoms with van der Waals surface area (Å²) in [6.45, 7) is 1.60. The summed E-state index contributed by atoms with van der Waals surface area (Å²) in [5, 5.41) is 3.27. The third kappa shape index (κ3) is 3.49. The highest BCUT2D eigenvalue weighted by atomic mass is 35.5. The molecule has 2 N–H and O–H groups in total. The predicted molar refractivity (Wildman–Crippen MR) is 94.3 cm³/mol. The third-order valence-electron chi connectivity index (χ3n) is 3.93. The summed E-state index contributed by atoms with van der Waals surface area (Å²) in [4.78, 5) is 18.8. The molecule has 1 aliphatic heterocycles. The lowest BCUT2D eigenvalue weighted by molar-refractivity contribution is 0.0699. The molecule has 1 unspecified atom stereocenters. The van der Waals surface area contributed by atoms with Crippen LogP contribution in [-0.4, -0.2) is 42.0 Å². The molecule has 7 heteroatoms. The Morgan fingerprint density at radius 1 is 1.45 bits per heavy atom. The second-order valence-corrected chi connectivity index (χ2v) is 6.98. The molecule has 1 aliphatic rings. The van der Waals surface area contributed by atoms with Gasteiger partial charge in [-0.05, 0) is 32.0 Å². The van der Waals surface area contributed by atoms with E-state index >= 15 is 0 Å². The largest absolute Gasteiger partial charge is 0.366 e. The number of halogens is 2. The molecule has 3 heterocycles. The molecule has 3 rings (SSSR count). The van der Waals surface area contributed by atoms with Gasteiger partial charge in [-0.15, -0.1) is 23.7 Å². The van der Waals surface area contributed by atoms with Crippen molar-refractivity contribution in [1.29, 1.82) is 0 Å². The zero-order valence-electron chi connectivity index (χ0n) is 12.3. The first-order valence-corrected chi connectivity index (χ1v) is 8.27. The number of likely N-dealkylation sites (N-methyl/N-ethyl adjacent to an activating group) is 1. The summed E-state index contributed by atoms with van der Waals surface area (Å²) in [6, 6.07) is 4.21. The van der Waals surface area contributed by atoms with Gasteiger partial charge in [0.15, 0.2) is 0 Å². The number of H-pyrrole nitrogens is 1. The number of hydrogen-bond acceptors (Lipinski definition) is 3. The fraction of sp³-hybridized carbons (Fsp3) is 0.400. The van der Waals surface area contributed by atoms with Gasteiger partial charge in [0.1, 0.15) is 0 Å². The average molecular weight is 360 g/mol. The van der Waals surface area contributed by atoms with E-state index in [0.717, 1.165) is 46.3 Å². The number of carbonyl (C=O) groups is 1. The molecule has 0 saturated carbocycles. The Kier molecular flexibility index (Phi) is 5.92. The zero-order chi connectivity index (χ0) is 14.8. The minimum atomic E-state index is 0. The average Bonchev–Trinajstić information content (AvgIpc) is 3.15. The van der Waals surface area contributed by atoms with Crippen LogP contribution in [0.2, 0.25) is 4.34 Å². The van der Waals surface area contributed by atoms with Crippen molar-refractivity contribution in [3.8, 4) is 10.4 Å². The molecule has 2 aromatic heterocycles. The van der Waals surface area contributed by atoms with E-state index in [1.54, 1.807) is 6.20 Å². The van der Waals surface area contributed by atoms with Gasteiger partial charge >= 0.3 is 0 Å². The second kappa shape index (κ2) is 7.51. The Bertz CT molecular complexity index is 640. The number of aromatic amines is 1. The van der Waals surface area contributed by atoms with Crippen LogP contribution in [0.25, 0.3) is 10.4 Å². The van der Waals surface area contributed by atoms with Crippen LogP contribution < -0.4 is 5.32 Å². The van der Waals surface area contributed by atoms with Crippen LogP contribution in [0.3, 0.4) is 0 Å². The molecule has 0 bridgehead atoms. The molecule has 1 saturated heterocycles. The van der Waals surface area contributed by atoms with Crippen molar-refractivity contribution in [1.82, 2.24) is 15.2 Å². The number of nitrogens with one attached hydrogen (secondary N) is 2.